The smallest absolute Gasteiger partial charge is 0.0635 e. The third-order valence-electron chi connectivity index (χ3n) is 2.25. The second-order valence-electron chi connectivity index (χ2n) is 3.41. The van der Waals surface area contributed by atoms with E-state index in [0.717, 1.165) is 32.5 Å². The van der Waals surface area contributed by atoms with Crippen LogP contribution in [-0.4, -0.2) is 25.7 Å². The van der Waals surface area contributed by atoms with Gasteiger partial charge in [-0.05, 0) is 19.4 Å². The first kappa shape index (κ1) is 13.9. The topological polar surface area (TPSA) is 71.6 Å². The molecule has 0 aromatic heterocycles. The van der Waals surface area contributed by atoms with E-state index in [1.807, 2.05) is 0 Å². The lowest BCUT2D eigenvalue weighted by atomic mass is 10.1. The molecular weight excluding hydrogens is 188 g/mol. The Kier molecular flexibility index (Phi) is 10.2. The SMILES string of the molecule is CCC(CCNCCC#N)NCCC#N. The van der Waals surface area contributed by atoms with Gasteiger partial charge in [0.2, 0.25) is 0 Å². The van der Waals surface area contributed by atoms with Crippen molar-refractivity contribution < 1.29 is 0 Å². The predicted octanol–water partition coefficient (Wildman–Crippen LogP) is 1.16. The summed E-state index contributed by atoms with van der Waals surface area (Å²) < 4.78 is 0. The first-order valence-corrected chi connectivity index (χ1v) is 5.53. The number of nitrogens with zero attached hydrogens (tertiary/aromatic N) is 2. The maximum absolute atomic E-state index is 8.39. The second kappa shape index (κ2) is 11.0. The summed E-state index contributed by atoms with van der Waals surface area (Å²) in [5.74, 6) is 0. The molecule has 0 saturated carbocycles. The fraction of sp³-hybridized carbons (Fsp3) is 0.818. The highest BCUT2D eigenvalue weighted by Crippen LogP contribution is 1.96. The van der Waals surface area contributed by atoms with Gasteiger partial charge in [-0.2, -0.15) is 10.5 Å². The third-order valence-corrected chi connectivity index (χ3v) is 2.25. The molecule has 0 rings (SSSR count). The van der Waals surface area contributed by atoms with Crippen molar-refractivity contribution in [2.45, 2.75) is 38.6 Å². The molecule has 0 spiro atoms. The van der Waals surface area contributed by atoms with Crippen molar-refractivity contribution in [1.29, 1.82) is 10.5 Å². The van der Waals surface area contributed by atoms with E-state index < -0.39 is 0 Å². The number of nitriles is 2. The first-order chi connectivity index (χ1) is 7.35. The van der Waals surface area contributed by atoms with Gasteiger partial charge in [0.15, 0.2) is 0 Å². The molecule has 2 N–H and O–H groups in total. The van der Waals surface area contributed by atoms with Crippen LogP contribution in [0.3, 0.4) is 0 Å². The van der Waals surface area contributed by atoms with Gasteiger partial charge in [0.05, 0.1) is 12.1 Å². The minimum absolute atomic E-state index is 0.480. The summed E-state index contributed by atoms with van der Waals surface area (Å²) in [7, 11) is 0. The quantitative estimate of drug-likeness (QED) is 0.558. The molecule has 0 saturated heterocycles. The van der Waals surface area contributed by atoms with Crippen molar-refractivity contribution in [3.8, 4) is 12.1 Å². The Labute approximate surface area is 92.3 Å². The maximum Gasteiger partial charge on any atom is 0.0635 e. The fourth-order valence-corrected chi connectivity index (χ4v) is 1.33. The number of hydrogen-bond acceptors (Lipinski definition) is 4. The zero-order valence-electron chi connectivity index (χ0n) is 9.42. The van der Waals surface area contributed by atoms with Gasteiger partial charge in [-0.1, -0.05) is 6.92 Å². The van der Waals surface area contributed by atoms with E-state index >= 15 is 0 Å². The Balaban J connectivity index is 3.37. The van der Waals surface area contributed by atoms with Crippen LogP contribution in [0.25, 0.3) is 0 Å². The normalized spacial score (nSPS) is 11.7. The largest absolute Gasteiger partial charge is 0.316 e. The van der Waals surface area contributed by atoms with Gasteiger partial charge in [0.25, 0.3) is 0 Å². The van der Waals surface area contributed by atoms with Crippen molar-refractivity contribution in [2.75, 3.05) is 19.6 Å². The molecule has 0 aliphatic heterocycles. The van der Waals surface area contributed by atoms with Crippen molar-refractivity contribution in [2.24, 2.45) is 0 Å². The van der Waals surface area contributed by atoms with Gasteiger partial charge < -0.3 is 10.6 Å². The maximum atomic E-state index is 8.39. The van der Waals surface area contributed by atoms with Gasteiger partial charge in [-0.25, -0.2) is 0 Å². The Morgan fingerprint density at radius 3 is 2.33 bits per heavy atom. The van der Waals surface area contributed by atoms with Crippen molar-refractivity contribution in [3.63, 3.8) is 0 Å². The summed E-state index contributed by atoms with van der Waals surface area (Å²) in [5, 5.41) is 23.3. The minimum Gasteiger partial charge on any atom is -0.316 e. The summed E-state index contributed by atoms with van der Waals surface area (Å²) >= 11 is 0. The van der Waals surface area contributed by atoms with Crippen LogP contribution in [0.4, 0.5) is 0 Å². The zero-order chi connectivity index (χ0) is 11.4. The van der Waals surface area contributed by atoms with Crippen LogP contribution in [0.2, 0.25) is 0 Å². The molecule has 15 heavy (non-hydrogen) atoms. The molecule has 4 nitrogen and oxygen atoms in total. The van der Waals surface area contributed by atoms with Crippen molar-refractivity contribution in [3.05, 3.63) is 0 Å². The highest BCUT2D eigenvalue weighted by atomic mass is 14.9. The summed E-state index contributed by atoms with van der Waals surface area (Å²) in [6.07, 6.45) is 3.26. The van der Waals surface area contributed by atoms with Gasteiger partial charge in [0, 0.05) is 32.0 Å². The van der Waals surface area contributed by atoms with Gasteiger partial charge in [-0.15, -0.1) is 0 Å². The van der Waals surface area contributed by atoms with Crippen LogP contribution >= 0.6 is 0 Å². The summed E-state index contributed by atoms with van der Waals surface area (Å²) in [6.45, 7) is 4.61. The highest BCUT2D eigenvalue weighted by Gasteiger charge is 2.03. The van der Waals surface area contributed by atoms with Gasteiger partial charge in [-0.3, -0.25) is 0 Å². The molecule has 4 heteroatoms. The van der Waals surface area contributed by atoms with E-state index in [9.17, 15) is 0 Å². The van der Waals surface area contributed by atoms with Gasteiger partial charge in [0.1, 0.15) is 0 Å². The Morgan fingerprint density at radius 1 is 1.07 bits per heavy atom. The van der Waals surface area contributed by atoms with Crippen LogP contribution in [-0.2, 0) is 0 Å². The highest BCUT2D eigenvalue weighted by molar-refractivity contribution is 4.74. The van der Waals surface area contributed by atoms with Crippen LogP contribution in [0.1, 0.15) is 32.6 Å². The molecule has 0 bridgehead atoms. The standard InChI is InChI=1S/C11H20N4/c1-2-11(15-9-4-7-13)5-10-14-8-3-6-12/h11,14-15H,2-5,8-10H2,1H3. The molecule has 0 radical (unpaired) electrons. The van der Waals surface area contributed by atoms with E-state index in [0.29, 0.717) is 18.9 Å². The van der Waals surface area contributed by atoms with E-state index in [1.54, 1.807) is 0 Å². The Bertz CT molecular complexity index is 214. The van der Waals surface area contributed by atoms with E-state index in [2.05, 4.69) is 29.7 Å². The lowest BCUT2D eigenvalue weighted by molar-refractivity contribution is 0.459. The van der Waals surface area contributed by atoms with Crippen LogP contribution in [0, 0.1) is 22.7 Å². The van der Waals surface area contributed by atoms with Crippen molar-refractivity contribution in [1.82, 2.24) is 10.6 Å². The molecule has 0 aliphatic carbocycles. The van der Waals surface area contributed by atoms with Crippen LogP contribution in [0.5, 0.6) is 0 Å². The molecule has 0 aromatic rings. The lowest BCUT2D eigenvalue weighted by Gasteiger charge is -2.15. The predicted molar refractivity (Wildman–Crippen MR) is 60.0 cm³/mol. The molecule has 0 aliphatic rings. The number of hydrogen-bond donors (Lipinski definition) is 2. The van der Waals surface area contributed by atoms with E-state index in [-0.39, 0.29) is 0 Å². The minimum atomic E-state index is 0.480. The molecule has 0 heterocycles. The monoisotopic (exact) mass is 208 g/mol. The Hall–Kier alpha value is -1.10. The molecule has 0 fully saturated rings. The molecular formula is C11H20N4. The number of rotatable bonds is 9. The average molecular weight is 208 g/mol. The number of nitrogens with one attached hydrogen (secondary N) is 2. The Morgan fingerprint density at radius 2 is 1.73 bits per heavy atom. The molecule has 84 valence electrons. The van der Waals surface area contributed by atoms with Crippen LogP contribution < -0.4 is 10.6 Å². The molecule has 1 atom stereocenters. The van der Waals surface area contributed by atoms with E-state index in [1.165, 1.54) is 0 Å². The molecule has 0 amide bonds. The lowest BCUT2D eigenvalue weighted by Crippen LogP contribution is -2.32. The van der Waals surface area contributed by atoms with Crippen LogP contribution in [0.15, 0.2) is 0 Å². The molecule has 1 unspecified atom stereocenters. The third kappa shape index (κ3) is 9.21. The van der Waals surface area contributed by atoms with E-state index in [4.69, 9.17) is 10.5 Å². The first-order valence-electron chi connectivity index (χ1n) is 5.53. The fourth-order valence-electron chi connectivity index (χ4n) is 1.33. The molecule has 0 aromatic carbocycles. The summed E-state index contributed by atoms with van der Waals surface area (Å²) in [5.41, 5.74) is 0. The van der Waals surface area contributed by atoms with Gasteiger partial charge >= 0.3 is 0 Å². The zero-order valence-corrected chi connectivity index (χ0v) is 9.42. The van der Waals surface area contributed by atoms with Crippen molar-refractivity contribution >= 4 is 0 Å². The second-order valence-corrected chi connectivity index (χ2v) is 3.41. The summed E-state index contributed by atoms with van der Waals surface area (Å²) in [4.78, 5) is 0. The summed E-state index contributed by atoms with van der Waals surface area (Å²) in [6, 6.07) is 4.69. The average Bonchev–Trinajstić information content (AvgIpc) is 2.26.